The molecule has 0 heterocycles. The van der Waals surface area contributed by atoms with Crippen LogP contribution in [0.5, 0.6) is 0 Å². The maximum Gasteiger partial charge on any atom is 0.235 e. The van der Waals surface area contributed by atoms with Crippen molar-refractivity contribution in [3.8, 4) is 0 Å². The maximum absolute atomic E-state index is 10.6. The van der Waals surface area contributed by atoms with E-state index in [2.05, 4.69) is 46.9 Å². The second-order valence-electron chi connectivity index (χ2n) is 4.53. The number of halogens is 1. The van der Waals surface area contributed by atoms with Crippen LogP contribution in [0, 0.1) is 13.8 Å². The molecule has 1 aromatic rings. The van der Waals surface area contributed by atoms with Crippen LogP contribution >= 0.6 is 15.9 Å². The zero-order valence-corrected chi connectivity index (χ0v) is 11.1. The summed E-state index contributed by atoms with van der Waals surface area (Å²) < 4.78 is 1.08. The summed E-state index contributed by atoms with van der Waals surface area (Å²) in [6.45, 7) is 4.14. The van der Waals surface area contributed by atoms with Crippen molar-refractivity contribution in [2.75, 3.05) is 0 Å². The summed E-state index contributed by atoms with van der Waals surface area (Å²) >= 11 is 3.61. The lowest BCUT2D eigenvalue weighted by molar-refractivity contribution is 0.254. The van der Waals surface area contributed by atoms with Crippen LogP contribution < -0.4 is 0 Å². The third-order valence-corrected chi connectivity index (χ3v) is 4.39. The van der Waals surface area contributed by atoms with E-state index < -0.39 is 0 Å². The van der Waals surface area contributed by atoms with Crippen molar-refractivity contribution in [2.45, 2.75) is 38.6 Å². The summed E-state index contributed by atoms with van der Waals surface area (Å²) in [6, 6.07) is 4.25. The largest absolute Gasteiger partial charge is 0.235 e. The lowest BCUT2D eigenvalue weighted by Gasteiger charge is -2.38. The van der Waals surface area contributed by atoms with Crippen LogP contribution in [0.15, 0.2) is 21.6 Å². The van der Waals surface area contributed by atoms with Crippen molar-refractivity contribution in [3.63, 3.8) is 0 Å². The fourth-order valence-electron chi connectivity index (χ4n) is 2.33. The van der Waals surface area contributed by atoms with Gasteiger partial charge in [0.25, 0.3) is 0 Å². The van der Waals surface area contributed by atoms with E-state index in [-0.39, 0.29) is 5.54 Å². The summed E-state index contributed by atoms with van der Waals surface area (Å²) in [5, 5.41) is 0. The molecular weight excluding hydrogens is 266 g/mol. The molecule has 1 aliphatic carbocycles. The van der Waals surface area contributed by atoms with Crippen LogP contribution in [0.25, 0.3) is 0 Å². The van der Waals surface area contributed by atoms with Crippen LogP contribution in [0.3, 0.4) is 0 Å². The molecule has 1 saturated carbocycles. The molecule has 16 heavy (non-hydrogen) atoms. The molecule has 1 aromatic carbocycles. The minimum Gasteiger partial charge on any atom is -0.211 e. The van der Waals surface area contributed by atoms with Crippen LogP contribution in [0.4, 0.5) is 0 Å². The van der Waals surface area contributed by atoms with E-state index in [1.165, 1.54) is 11.1 Å². The van der Waals surface area contributed by atoms with Crippen LogP contribution in [0.1, 0.15) is 36.0 Å². The van der Waals surface area contributed by atoms with Crippen molar-refractivity contribution >= 4 is 22.0 Å². The van der Waals surface area contributed by atoms with Gasteiger partial charge in [0.1, 0.15) is 0 Å². The summed E-state index contributed by atoms with van der Waals surface area (Å²) in [4.78, 5) is 14.6. The van der Waals surface area contributed by atoms with E-state index in [9.17, 15) is 4.79 Å². The highest BCUT2D eigenvalue weighted by Gasteiger charge is 2.40. The number of aliphatic imine (C=N–C) groups is 1. The molecule has 0 aromatic heterocycles. The predicted molar refractivity (Wildman–Crippen MR) is 67.3 cm³/mol. The van der Waals surface area contributed by atoms with E-state index in [1.54, 1.807) is 6.08 Å². The minimum atomic E-state index is -0.308. The van der Waals surface area contributed by atoms with Crippen molar-refractivity contribution in [1.29, 1.82) is 0 Å². The quantitative estimate of drug-likeness (QED) is 0.598. The van der Waals surface area contributed by atoms with E-state index in [0.29, 0.717) is 0 Å². The van der Waals surface area contributed by atoms with Crippen LogP contribution in [-0.4, -0.2) is 6.08 Å². The molecule has 3 heteroatoms. The highest BCUT2D eigenvalue weighted by atomic mass is 79.9. The number of benzene rings is 1. The average Bonchev–Trinajstić information content (AvgIpc) is 2.17. The predicted octanol–water partition coefficient (Wildman–Crippen LogP) is 3.78. The Hall–Kier alpha value is -0.920. The van der Waals surface area contributed by atoms with Gasteiger partial charge in [-0.3, -0.25) is 0 Å². The van der Waals surface area contributed by atoms with E-state index in [1.807, 2.05) is 0 Å². The van der Waals surface area contributed by atoms with Crippen molar-refractivity contribution in [2.24, 2.45) is 4.99 Å². The van der Waals surface area contributed by atoms with E-state index in [0.717, 1.165) is 29.3 Å². The SMILES string of the molecule is Cc1cc(C)c(Br)c(C2(N=C=O)CCC2)c1. The smallest absolute Gasteiger partial charge is 0.211 e. The molecule has 1 fully saturated rings. The number of isocyanates is 1. The van der Waals surface area contributed by atoms with E-state index in [4.69, 9.17) is 0 Å². The number of hydrogen-bond donors (Lipinski definition) is 0. The van der Waals surface area contributed by atoms with Crippen LogP contribution in [-0.2, 0) is 10.3 Å². The summed E-state index contributed by atoms with van der Waals surface area (Å²) in [5.74, 6) is 0. The standard InChI is InChI=1S/C13H14BrNO/c1-9-6-10(2)12(14)11(7-9)13(15-8-16)4-3-5-13/h6-7H,3-5H2,1-2H3. The Morgan fingerprint density at radius 2 is 2.06 bits per heavy atom. The van der Waals surface area contributed by atoms with Gasteiger partial charge in [0.15, 0.2) is 0 Å². The first kappa shape index (κ1) is 11.6. The lowest BCUT2D eigenvalue weighted by atomic mass is 9.72. The monoisotopic (exact) mass is 279 g/mol. The molecule has 0 radical (unpaired) electrons. The molecular formula is C13H14BrNO. The molecule has 0 spiro atoms. The Kier molecular flexibility index (Phi) is 3.00. The first-order valence-electron chi connectivity index (χ1n) is 5.45. The second-order valence-corrected chi connectivity index (χ2v) is 5.32. The second kappa shape index (κ2) is 4.15. The normalized spacial score (nSPS) is 17.4. The Morgan fingerprint density at radius 1 is 1.38 bits per heavy atom. The molecule has 0 N–H and O–H groups in total. The summed E-state index contributed by atoms with van der Waals surface area (Å²) in [5.41, 5.74) is 3.24. The molecule has 0 bridgehead atoms. The van der Waals surface area contributed by atoms with Gasteiger partial charge in [0.05, 0.1) is 5.54 Å². The molecule has 2 nitrogen and oxygen atoms in total. The number of rotatable bonds is 2. The van der Waals surface area contributed by atoms with Gasteiger partial charge in [-0.1, -0.05) is 33.6 Å². The number of nitrogens with zero attached hydrogens (tertiary/aromatic N) is 1. The third kappa shape index (κ3) is 1.74. The molecule has 0 aliphatic heterocycles. The number of aryl methyl sites for hydroxylation is 2. The maximum atomic E-state index is 10.6. The number of hydrogen-bond acceptors (Lipinski definition) is 2. The van der Waals surface area contributed by atoms with Gasteiger partial charge in [-0.25, -0.2) is 4.79 Å². The highest BCUT2D eigenvalue weighted by Crippen LogP contribution is 2.48. The Labute approximate surface area is 104 Å². The fourth-order valence-corrected chi connectivity index (χ4v) is 2.93. The first-order valence-corrected chi connectivity index (χ1v) is 6.25. The lowest BCUT2D eigenvalue weighted by Crippen LogP contribution is -2.32. The summed E-state index contributed by atoms with van der Waals surface area (Å²) in [6.07, 6.45) is 4.76. The number of carbonyl (C=O) groups excluding carboxylic acids is 1. The van der Waals surface area contributed by atoms with Gasteiger partial charge in [-0.2, -0.15) is 4.99 Å². The van der Waals surface area contributed by atoms with Gasteiger partial charge in [-0.15, -0.1) is 0 Å². The Bertz CT molecular complexity index is 471. The van der Waals surface area contributed by atoms with Gasteiger partial charge < -0.3 is 0 Å². The van der Waals surface area contributed by atoms with Crippen molar-refractivity contribution in [3.05, 3.63) is 33.3 Å². The molecule has 84 valence electrons. The first-order chi connectivity index (χ1) is 7.59. The van der Waals surface area contributed by atoms with Gasteiger partial charge in [0, 0.05) is 4.47 Å². The zero-order valence-electron chi connectivity index (χ0n) is 9.51. The van der Waals surface area contributed by atoms with Gasteiger partial charge in [-0.05, 0) is 44.2 Å². The van der Waals surface area contributed by atoms with Crippen LogP contribution in [0.2, 0.25) is 0 Å². The molecule has 0 saturated heterocycles. The van der Waals surface area contributed by atoms with Crippen molar-refractivity contribution in [1.82, 2.24) is 0 Å². The van der Waals surface area contributed by atoms with Gasteiger partial charge >= 0.3 is 0 Å². The topological polar surface area (TPSA) is 29.4 Å². The average molecular weight is 280 g/mol. The molecule has 1 aliphatic rings. The zero-order chi connectivity index (χ0) is 11.8. The van der Waals surface area contributed by atoms with E-state index >= 15 is 0 Å². The van der Waals surface area contributed by atoms with Gasteiger partial charge in [0.2, 0.25) is 6.08 Å². The molecule has 0 unspecified atom stereocenters. The fraction of sp³-hybridized carbons (Fsp3) is 0.462. The minimum absolute atomic E-state index is 0.308. The molecule has 0 amide bonds. The molecule has 0 atom stereocenters. The Balaban J connectivity index is 2.58. The Morgan fingerprint density at radius 3 is 2.56 bits per heavy atom. The highest BCUT2D eigenvalue weighted by molar-refractivity contribution is 9.10. The van der Waals surface area contributed by atoms with Crippen molar-refractivity contribution < 1.29 is 4.79 Å². The molecule has 2 rings (SSSR count). The third-order valence-electron chi connectivity index (χ3n) is 3.34. The summed E-state index contributed by atoms with van der Waals surface area (Å²) in [7, 11) is 0.